The number of amides is 1. The molecule has 1 aromatic carbocycles. The molecular formula is C13H18N2O3. The Labute approximate surface area is 106 Å². The molecule has 1 aromatic rings. The topological polar surface area (TPSA) is 92.4 Å². The Kier molecular flexibility index (Phi) is 4.44. The minimum atomic E-state index is -0.963. The lowest BCUT2D eigenvalue weighted by molar-refractivity contribution is -0.122. The molecule has 0 aromatic heterocycles. The number of carboxylic acids is 1. The van der Waals surface area contributed by atoms with Gasteiger partial charge in [-0.3, -0.25) is 4.79 Å². The van der Waals surface area contributed by atoms with Gasteiger partial charge >= 0.3 is 5.97 Å². The van der Waals surface area contributed by atoms with E-state index in [2.05, 4.69) is 5.32 Å². The molecule has 5 heteroatoms. The Bertz CT molecular complexity index is 433. The number of aromatic carboxylic acids is 1. The normalized spacial score (nSPS) is 11.1. The summed E-state index contributed by atoms with van der Waals surface area (Å²) in [5.41, 5.74) is 6.28. The van der Waals surface area contributed by atoms with Crippen LogP contribution in [-0.2, 0) is 11.3 Å². The molecule has 0 fully saturated rings. The minimum Gasteiger partial charge on any atom is -0.478 e. The number of hydrogen-bond donors (Lipinski definition) is 3. The molecule has 0 bridgehead atoms. The lowest BCUT2D eigenvalue weighted by Crippen LogP contribution is -2.38. The Balaban J connectivity index is 2.49. The quantitative estimate of drug-likeness (QED) is 0.730. The first kappa shape index (κ1) is 14.2. The fourth-order valence-electron chi connectivity index (χ4n) is 1.44. The van der Waals surface area contributed by atoms with Gasteiger partial charge in [-0.15, -0.1) is 0 Å². The first-order valence-corrected chi connectivity index (χ1v) is 5.66. The zero-order valence-electron chi connectivity index (χ0n) is 10.6. The van der Waals surface area contributed by atoms with Gasteiger partial charge in [-0.05, 0) is 31.5 Å². The van der Waals surface area contributed by atoms with Crippen molar-refractivity contribution in [1.29, 1.82) is 0 Å². The second-order valence-electron chi connectivity index (χ2n) is 4.94. The minimum absolute atomic E-state index is 0.121. The third-order valence-corrected chi connectivity index (χ3v) is 2.31. The largest absolute Gasteiger partial charge is 0.478 e. The second kappa shape index (κ2) is 5.64. The maximum Gasteiger partial charge on any atom is 0.335 e. The number of carbonyl (C=O) groups excluding carboxylic acids is 1. The van der Waals surface area contributed by atoms with Crippen molar-refractivity contribution in [3.05, 3.63) is 35.4 Å². The summed E-state index contributed by atoms with van der Waals surface area (Å²) in [6.45, 7) is 3.94. The van der Waals surface area contributed by atoms with Crippen LogP contribution in [0.1, 0.15) is 36.2 Å². The third kappa shape index (κ3) is 4.97. The average molecular weight is 250 g/mol. The van der Waals surface area contributed by atoms with E-state index in [0.29, 0.717) is 6.54 Å². The molecule has 4 N–H and O–H groups in total. The molecule has 0 heterocycles. The number of carbonyl (C=O) groups is 2. The highest BCUT2D eigenvalue weighted by Gasteiger charge is 2.15. The monoisotopic (exact) mass is 250 g/mol. The van der Waals surface area contributed by atoms with Crippen molar-refractivity contribution in [1.82, 2.24) is 5.32 Å². The number of carboxylic acid groups (broad SMARTS) is 1. The molecule has 0 aliphatic rings. The van der Waals surface area contributed by atoms with E-state index in [9.17, 15) is 9.59 Å². The summed E-state index contributed by atoms with van der Waals surface area (Å²) in [7, 11) is 0. The second-order valence-corrected chi connectivity index (χ2v) is 4.94. The van der Waals surface area contributed by atoms with E-state index < -0.39 is 11.5 Å². The van der Waals surface area contributed by atoms with Gasteiger partial charge in [-0.2, -0.15) is 0 Å². The molecule has 0 atom stereocenters. The summed E-state index contributed by atoms with van der Waals surface area (Å²) in [6.07, 6.45) is 0.250. The van der Waals surface area contributed by atoms with Gasteiger partial charge < -0.3 is 16.2 Å². The van der Waals surface area contributed by atoms with Crippen LogP contribution in [0.2, 0.25) is 0 Å². The number of rotatable bonds is 5. The highest BCUT2D eigenvalue weighted by molar-refractivity contribution is 5.87. The van der Waals surface area contributed by atoms with Gasteiger partial charge in [0.05, 0.1) is 5.56 Å². The van der Waals surface area contributed by atoms with E-state index in [4.69, 9.17) is 10.8 Å². The molecular weight excluding hydrogens is 232 g/mol. The van der Waals surface area contributed by atoms with Gasteiger partial charge in [0, 0.05) is 18.5 Å². The van der Waals surface area contributed by atoms with E-state index in [1.54, 1.807) is 26.0 Å². The number of benzene rings is 1. The fourth-order valence-corrected chi connectivity index (χ4v) is 1.44. The Morgan fingerprint density at radius 1 is 1.28 bits per heavy atom. The van der Waals surface area contributed by atoms with Crippen LogP contribution in [-0.4, -0.2) is 22.5 Å². The Morgan fingerprint density at radius 2 is 1.83 bits per heavy atom. The molecule has 0 saturated heterocycles. The third-order valence-electron chi connectivity index (χ3n) is 2.31. The van der Waals surface area contributed by atoms with Gasteiger partial charge in [0.2, 0.25) is 5.91 Å². The van der Waals surface area contributed by atoms with Crippen molar-refractivity contribution >= 4 is 11.9 Å². The van der Waals surface area contributed by atoms with Crippen molar-refractivity contribution in [3.8, 4) is 0 Å². The van der Waals surface area contributed by atoms with Crippen LogP contribution >= 0.6 is 0 Å². The molecule has 5 nitrogen and oxygen atoms in total. The van der Waals surface area contributed by atoms with Gasteiger partial charge in [-0.1, -0.05) is 12.1 Å². The lowest BCUT2D eigenvalue weighted by Gasteiger charge is -2.17. The summed E-state index contributed by atoms with van der Waals surface area (Å²) < 4.78 is 0. The lowest BCUT2D eigenvalue weighted by atomic mass is 10.0. The molecule has 0 saturated carbocycles. The van der Waals surface area contributed by atoms with Crippen molar-refractivity contribution < 1.29 is 14.7 Å². The van der Waals surface area contributed by atoms with Gasteiger partial charge in [0.1, 0.15) is 0 Å². The molecule has 98 valence electrons. The van der Waals surface area contributed by atoms with Crippen molar-refractivity contribution in [3.63, 3.8) is 0 Å². The van der Waals surface area contributed by atoms with E-state index in [1.807, 2.05) is 0 Å². The molecule has 1 rings (SSSR count). The van der Waals surface area contributed by atoms with Crippen LogP contribution in [0, 0.1) is 0 Å². The highest BCUT2D eigenvalue weighted by atomic mass is 16.4. The van der Waals surface area contributed by atoms with Crippen LogP contribution < -0.4 is 11.1 Å². The zero-order valence-corrected chi connectivity index (χ0v) is 10.6. The van der Waals surface area contributed by atoms with Gasteiger partial charge in [0.25, 0.3) is 0 Å². The molecule has 0 unspecified atom stereocenters. The van der Waals surface area contributed by atoms with Crippen molar-refractivity contribution in [2.24, 2.45) is 5.73 Å². The Morgan fingerprint density at radius 3 is 2.28 bits per heavy atom. The summed E-state index contributed by atoms with van der Waals surface area (Å²) >= 11 is 0. The predicted molar refractivity (Wildman–Crippen MR) is 68.1 cm³/mol. The predicted octanol–water partition coefficient (Wildman–Crippen LogP) is 1.13. The van der Waals surface area contributed by atoms with E-state index in [0.717, 1.165) is 5.56 Å². The first-order valence-electron chi connectivity index (χ1n) is 5.66. The van der Waals surface area contributed by atoms with Crippen molar-refractivity contribution in [2.75, 3.05) is 0 Å². The standard InChI is InChI=1S/C13H18N2O3/c1-13(2,14)7-11(16)15-8-9-3-5-10(6-4-9)12(17)18/h3-6H,7-8,14H2,1-2H3,(H,15,16)(H,17,18). The summed E-state index contributed by atoms with van der Waals surface area (Å²) in [4.78, 5) is 22.2. The summed E-state index contributed by atoms with van der Waals surface area (Å²) in [5, 5.41) is 11.5. The SMILES string of the molecule is CC(C)(N)CC(=O)NCc1ccc(C(=O)O)cc1. The van der Waals surface area contributed by atoms with E-state index in [-0.39, 0.29) is 17.9 Å². The van der Waals surface area contributed by atoms with E-state index in [1.165, 1.54) is 12.1 Å². The molecule has 18 heavy (non-hydrogen) atoms. The average Bonchev–Trinajstić information content (AvgIpc) is 2.24. The van der Waals surface area contributed by atoms with Crippen LogP contribution in [0.25, 0.3) is 0 Å². The van der Waals surface area contributed by atoms with Crippen LogP contribution in [0.4, 0.5) is 0 Å². The molecule has 0 spiro atoms. The van der Waals surface area contributed by atoms with Crippen molar-refractivity contribution in [2.45, 2.75) is 32.4 Å². The van der Waals surface area contributed by atoms with Gasteiger partial charge in [-0.25, -0.2) is 4.79 Å². The number of hydrogen-bond acceptors (Lipinski definition) is 3. The molecule has 1 amide bonds. The maximum absolute atomic E-state index is 11.5. The molecule has 0 radical (unpaired) electrons. The van der Waals surface area contributed by atoms with Crippen LogP contribution in [0.15, 0.2) is 24.3 Å². The fraction of sp³-hybridized carbons (Fsp3) is 0.385. The van der Waals surface area contributed by atoms with Gasteiger partial charge in [0.15, 0.2) is 0 Å². The van der Waals surface area contributed by atoms with Crippen LogP contribution in [0.5, 0.6) is 0 Å². The summed E-state index contributed by atoms with van der Waals surface area (Å²) in [5.74, 6) is -1.08. The zero-order chi connectivity index (χ0) is 13.8. The maximum atomic E-state index is 11.5. The highest BCUT2D eigenvalue weighted by Crippen LogP contribution is 2.06. The first-order chi connectivity index (χ1) is 8.28. The van der Waals surface area contributed by atoms with E-state index >= 15 is 0 Å². The smallest absolute Gasteiger partial charge is 0.335 e. The van der Waals surface area contributed by atoms with Crippen LogP contribution in [0.3, 0.4) is 0 Å². The summed E-state index contributed by atoms with van der Waals surface area (Å²) in [6, 6.07) is 6.38. The Hall–Kier alpha value is -1.88. The molecule has 0 aliphatic heterocycles. The number of nitrogens with one attached hydrogen (secondary N) is 1. The molecule has 0 aliphatic carbocycles. The number of nitrogens with two attached hydrogens (primary N) is 1.